The van der Waals surface area contributed by atoms with Crippen LogP contribution in [0.15, 0.2) is 18.2 Å². The molecule has 1 aromatic rings. The van der Waals surface area contributed by atoms with E-state index >= 15 is 0 Å². The molecule has 14 heavy (non-hydrogen) atoms. The van der Waals surface area contributed by atoms with E-state index in [1.165, 1.54) is 0 Å². The Hall–Kier alpha value is -0.930. The summed E-state index contributed by atoms with van der Waals surface area (Å²) < 4.78 is 11.0. The number of aliphatic hydroxyl groups excluding tert-OH is 1. The van der Waals surface area contributed by atoms with Crippen molar-refractivity contribution in [2.45, 2.75) is 19.3 Å². The molecule has 0 saturated carbocycles. The third-order valence-corrected chi connectivity index (χ3v) is 2.57. The van der Waals surface area contributed by atoms with E-state index in [1.54, 1.807) is 25.1 Å². The molecule has 1 aliphatic rings. The third-order valence-electron chi connectivity index (χ3n) is 2.09. The van der Waals surface area contributed by atoms with Gasteiger partial charge < -0.3 is 14.6 Å². The lowest BCUT2D eigenvalue weighted by molar-refractivity contribution is -0.0396. The van der Waals surface area contributed by atoms with E-state index in [0.29, 0.717) is 11.5 Å². The highest BCUT2D eigenvalue weighted by molar-refractivity contribution is 6.18. The second kappa shape index (κ2) is 3.33. The van der Waals surface area contributed by atoms with Gasteiger partial charge >= 0.3 is 0 Å². The van der Waals surface area contributed by atoms with Crippen molar-refractivity contribution in [1.82, 2.24) is 0 Å². The lowest BCUT2D eigenvalue weighted by Crippen LogP contribution is -2.36. The Morgan fingerprint density at radius 3 is 2.71 bits per heavy atom. The van der Waals surface area contributed by atoms with Crippen LogP contribution in [0.1, 0.15) is 12.5 Å². The quantitative estimate of drug-likeness (QED) is 0.765. The van der Waals surface area contributed by atoms with Crippen molar-refractivity contribution in [2.24, 2.45) is 0 Å². The Morgan fingerprint density at radius 2 is 2.07 bits per heavy atom. The summed E-state index contributed by atoms with van der Waals surface area (Å²) in [5.74, 6) is 0.790. The van der Waals surface area contributed by atoms with E-state index in [4.69, 9.17) is 26.2 Å². The van der Waals surface area contributed by atoms with Gasteiger partial charge in [-0.15, -0.1) is 11.6 Å². The fraction of sp³-hybridized carbons (Fsp3) is 0.400. The molecule has 1 aromatic carbocycles. The summed E-state index contributed by atoms with van der Waals surface area (Å²) in [6, 6.07) is 5.33. The first-order chi connectivity index (χ1) is 6.67. The molecule has 1 unspecified atom stereocenters. The molecule has 0 spiro atoms. The van der Waals surface area contributed by atoms with E-state index in [0.717, 1.165) is 5.56 Å². The van der Waals surface area contributed by atoms with Crippen LogP contribution in [0.2, 0.25) is 0 Å². The largest absolute Gasteiger partial charge is 0.447 e. The van der Waals surface area contributed by atoms with Gasteiger partial charge in [0.25, 0.3) is 5.79 Å². The first-order valence-corrected chi connectivity index (χ1v) is 4.88. The Morgan fingerprint density at radius 1 is 1.36 bits per heavy atom. The van der Waals surface area contributed by atoms with Crippen LogP contribution < -0.4 is 9.47 Å². The molecule has 3 nitrogen and oxygen atoms in total. The maximum atomic E-state index is 8.93. The molecule has 4 heteroatoms. The van der Waals surface area contributed by atoms with Crippen molar-refractivity contribution < 1.29 is 14.6 Å². The molecule has 1 atom stereocenters. The van der Waals surface area contributed by atoms with E-state index in [-0.39, 0.29) is 12.5 Å². The van der Waals surface area contributed by atoms with E-state index < -0.39 is 5.79 Å². The molecule has 1 heterocycles. The molecule has 0 fully saturated rings. The number of fused-ring (bicyclic) bond motifs is 1. The number of aliphatic hydroxyl groups is 1. The van der Waals surface area contributed by atoms with Crippen molar-refractivity contribution in [2.75, 3.05) is 5.88 Å². The van der Waals surface area contributed by atoms with Crippen molar-refractivity contribution in [3.63, 3.8) is 0 Å². The average molecular weight is 215 g/mol. The number of alkyl halides is 1. The zero-order chi connectivity index (χ0) is 10.2. The summed E-state index contributed by atoms with van der Waals surface area (Å²) in [4.78, 5) is 0. The highest BCUT2D eigenvalue weighted by Crippen LogP contribution is 2.40. The molecular formula is C10H11ClO3. The van der Waals surface area contributed by atoms with Gasteiger partial charge in [-0.2, -0.15) is 0 Å². The van der Waals surface area contributed by atoms with Crippen molar-refractivity contribution >= 4 is 11.6 Å². The zero-order valence-corrected chi connectivity index (χ0v) is 8.54. The number of benzene rings is 1. The van der Waals surface area contributed by atoms with Crippen molar-refractivity contribution in [3.8, 4) is 11.5 Å². The Labute approximate surface area is 87.2 Å². The maximum Gasteiger partial charge on any atom is 0.262 e. The Balaban J connectivity index is 2.31. The van der Waals surface area contributed by atoms with Crippen LogP contribution in [0.3, 0.4) is 0 Å². The zero-order valence-electron chi connectivity index (χ0n) is 7.79. The molecule has 2 rings (SSSR count). The highest BCUT2D eigenvalue weighted by atomic mass is 35.5. The third kappa shape index (κ3) is 1.53. The number of halogens is 1. The summed E-state index contributed by atoms with van der Waals surface area (Å²) in [5, 5.41) is 8.93. The monoisotopic (exact) mass is 214 g/mol. The minimum absolute atomic E-state index is 0.00572. The second-order valence-corrected chi connectivity index (χ2v) is 3.68. The fourth-order valence-corrected chi connectivity index (χ4v) is 1.46. The number of hydrogen-bond donors (Lipinski definition) is 1. The molecule has 0 radical (unpaired) electrons. The van der Waals surface area contributed by atoms with Gasteiger partial charge in [0.1, 0.15) is 0 Å². The second-order valence-electron chi connectivity index (χ2n) is 3.41. The predicted octanol–water partition coefficient (Wildman–Crippen LogP) is 1.91. The van der Waals surface area contributed by atoms with Crippen LogP contribution in [-0.4, -0.2) is 16.8 Å². The van der Waals surface area contributed by atoms with Gasteiger partial charge in [0, 0.05) is 6.92 Å². The van der Waals surface area contributed by atoms with Crippen LogP contribution in [0.4, 0.5) is 0 Å². The van der Waals surface area contributed by atoms with Gasteiger partial charge in [0.05, 0.1) is 12.5 Å². The maximum absolute atomic E-state index is 8.93. The Bertz CT molecular complexity index is 353. The lowest BCUT2D eigenvalue weighted by Gasteiger charge is -2.19. The van der Waals surface area contributed by atoms with E-state index in [2.05, 4.69) is 0 Å². The van der Waals surface area contributed by atoms with Crippen LogP contribution in [-0.2, 0) is 6.61 Å². The molecule has 76 valence electrons. The molecular weight excluding hydrogens is 204 g/mol. The first kappa shape index (κ1) is 9.62. The lowest BCUT2D eigenvalue weighted by atomic mass is 10.2. The summed E-state index contributed by atoms with van der Waals surface area (Å²) in [6.07, 6.45) is 0. The number of hydrogen-bond acceptors (Lipinski definition) is 3. The molecule has 0 aromatic heterocycles. The normalized spacial score (nSPS) is 23.9. The molecule has 1 N–H and O–H groups in total. The van der Waals surface area contributed by atoms with Gasteiger partial charge in [0.15, 0.2) is 11.5 Å². The molecule has 0 saturated heterocycles. The summed E-state index contributed by atoms with van der Waals surface area (Å²) in [5.41, 5.74) is 0.797. The number of rotatable bonds is 2. The first-order valence-electron chi connectivity index (χ1n) is 4.35. The summed E-state index contributed by atoms with van der Waals surface area (Å²) >= 11 is 5.71. The van der Waals surface area contributed by atoms with Crippen LogP contribution >= 0.6 is 11.6 Å². The smallest absolute Gasteiger partial charge is 0.262 e. The van der Waals surface area contributed by atoms with Gasteiger partial charge in [-0.1, -0.05) is 6.07 Å². The molecule has 0 aliphatic carbocycles. The van der Waals surface area contributed by atoms with Gasteiger partial charge in [-0.3, -0.25) is 0 Å². The average Bonchev–Trinajstić information content (AvgIpc) is 2.54. The Kier molecular flexibility index (Phi) is 2.29. The van der Waals surface area contributed by atoms with Crippen LogP contribution in [0.5, 0.6) is 11.5 Å². The van der Waals surface area contributed by atoms with Gasteiger partial charge in [-0.05, 0) is 17.7 Å². The van der Waals surface area contributed by atoms with Crippen molar-refractivity contribution in [3.05, 3.63) is 23.8 Å². The predicted molar refractivity (Wildman–Crippen MR) is 52.7 cm³/mol. The van der Waals surface area contributed by atoms with Crippen LogP contribution in [0, 0.1) is 0 Å². The SMILES string of the molecule is CC1(CCl)Oc2ccc(CO)cc2O1. The minimum Gasteiger partial charge on any atom is -0.447 e. The minimum atomic E-state index is -0.780. The summed E-state index contributed by atoms with van der Waals surface area (Å²) in [6.45, 7) is 1.77. The van der Waals surface area contributed by atoms with E-state index in [1.807, 2.05) is 0 Å². The fourth-order valence-electron chi connectivity index (χ4n) is 1.36. The molecule has 1 aliphatic heterocycles. The van der Waals surface area contributed by atoms with E-state index in [9.17, 15) is 0 Å². The molecule has 0 bridgehead atoms. The molecule has 0 amide bonds. The standard InChI is InChI=1S/C10H11ClO3/c1-10(6-11)13-8-3-2-7(5-12)4-9(8)14-10/h2-4,12H,5-6H2,1H3. The topological polar surface area (TPSA) is 38.7 Å². The number of ether oxygens (including phenoxy) is 2. The summed E-state index contributed by atoms with van der Waals surface area (Å²) in [7, 11) is 0. The highest BCUT2D eigenvalue weighted by Gasteiger charge is 2.35. The van der Waals surface area contributed by atoms with Crippen molar-refractivity contribution in [1.29, 1.82) is 0 Å². The van der Waals surface area contributed by atoms with Gasteiger partial charge in [-0.25, -0.2) is 0 Å². The van der Waals surface area contributed by atoms with Gasteiger partial charge in [0.2, 0.25) is 0 Å². The van der Waals surface area contributed by atoms with Crippen LogP contribution in [0.25, 0.3) is 0 Å².